The molecule has 3 heterocycles. The third-order valence-corrected chi connectivity index (χ3v) is 6.46. The highest BCUT2D eigenvalue weighted by Crippen LogP contribution is 2.26. The normalized spacial score (nSPS) is 20.2. The zero-order chi connectivity index (χ0) is 20.6. The molecule has 2 nitrogen and oxygen atoms in total. The average molecular weight is 398 g/mol. The van der Waals surface area contributed by atoms with E-state index in [1.807, 2.05) is 24.6 Å². The molecule has 0 amide bonds. The van der Waals surface area contributed by atoms with Crippen LogP contribution in [0.3, 0.4) is 0 Å². The molecule has 0 saturated heterocycles. The molecule has 0 aliphatic carbocycles. The summed E-state index contributed by atoms with van der Waals surface area (Å²) in [5.74, 6) is 0. The van der Waals surface area contributed by atoms with Crippen molar-refractivity contribution in [2.24, 2.45) is 0 Å². The highest BCUT2D eigenvalue weighted by Gasteiger charge is 2.33. The molecule has 0 bridgehead atoms. The largest absolute Gasteiger partial charge is 0.381 e. The maximum atomic E-state index is 3.50. The molecular formula is C28H23BN2. The van der Waals surface area contributed by atoms with E-state index < -0.39 is 0 Å². The Morgan fingerprint density at radius 2 is 1.10 bits per heavy atom. The van der Waals surface area contributed by atoms with E-state index in [1.165, 1.54) is 38.6 Å². The third-order valence-electron chi connectivity index (χ3n) is 6.46. The third kappa shape index (κ3) is 3.14. The highest BCUT2D eigenvalue weighted by atomic mass is 14.9. The first-order valence-corrected chi connectivity index (χ1v) is 10.9. The van der Waals surface area contributed by atoms with Crippen molar-refractivity contribution >= 4 is 23.1 Å². The van der Waals surface area contributed by atoms with Crippen LogP contribution in [-0.2, 0) is 0 Å². The molecule has 3 aliphatic heterocycles. The minimum atomic E-state index is 0.179. The van der Waals surface area contributed by atoms with Crippen LogP contribution in [-0.4, -0.2) is 6.71 Å². The van der Waals surface area contributed by atoms with Gasteiger partial charge in [-0.05, 0) is 46.8 Å². The Hall–Kier alpha value is -3.72. The van der Waals surface area contributed by atoms with Crippen molar-refractivity contribution in [3.8, 4) is 11.1 Å². The van der Waals surface area contributed by atoms with E-state index in [0.717, 1.165) is 0 Å². The smallest absolute Gasteiger partial charge is 0.242 e. The molecule has 2 unspecified atom stereocenters. The monoisotopic (exact) mass is 398 g/mol. The number of allylic oxidation sites excluding steroid dienone is 4. The molecule has 6 rings (SSSR count). The molecule has 148 valence electrons. The van der Waals surface area contributed by atoms with Crippen molar-refractivity contribution in [1.82, 2.24) is 10.6 Å². The molecule has 3 aliphatic rings. The summed E-state index contributed by atoms with van der Waals surface area (Å²) in [4.78, 5) is 0. The van der Waals surface area contributed by atoms with Crippen molar-refractivity contribution in [3.63, 3.8) is 0 Å². The topological polar surface area (TPSA) is 24.1 Å². The number of rotatable bonds is 3. The van der Waals surface area contributed by atoms with E-state index in [2.05, 4.69) is 102 Å². The maximum absolute atomic E-state index is 3.50. The van der Waals surface area contributed by atoms with Crippen LogP contribution in [0.4, 0.5) is 0 Å². The van der Waals surface area contributed by atoms with Gasteiger partial charge in [-0.1, -0.05) is 107 Å². The summed E-state index contributed by atoms with van der Waals surface area (Å²) in [6.45, 7) is 0.248. The molecular weight excluding hydrogens is 375 g/mol. The van der Waals surface area contributed by atoms with Gasteiger partial charge in [-0.15, -0.1) is 0 Å². The lowest BCUT2D eigenvalue weighted by Gasteiger charge is -2.23. The molecule has 31 heavy (non-hydrogen) atoms. The van der Waals surface area contributed by atoms with E-state index in [-0.39, 0.29) is 18.8 Å². The predicted molar refractivity (Wildman–Crippen MR) is 131 cm³/mol. The number of hydrogen-bond donors (Lipinski definition) is 2. The summed E-state index contributed by atoms with van der Waals surface area (Å²) in [6.07, 6.45) is 16.8. The second-order valence-corrected chi connectivity index (χ2v) is 8.32. The van der Waals surface area contributed by atoms with E-state index >= 15 is 0 Å². The fourth-order valence-electron chi connectivity index (χ4n) is 5.05. The molecule has 0 aromatic heterocycles. The number of benzene rings is 3. The Kier molecular flexibility index (Phi) is 4.38. The Balaban J connectivity index is 1.53. The van der Waals surface area contributed by atoms with Crippen LogP contribution in [0.5, 0.6) is 0 Å². The lowest BCUT2D eigenvalue weighted by Crippen LogP contribution is -2.49. The van der Waals surface area contributed by atoms with E-state index in [0.29, 0.717) is 0 Å². The van der Waals surface area contributed by atoms with Crippen LogP contribution in [0.1, 0.15) is 23.2 Å². The number of nitrogens with one attached hydrogen (secondary N) is 2. The second kappa shape index (κ2) is 7.52. The van der Waals surface area contributed by atoms with Gasteiger partial charge in [-0.2, -0.15) is 0 Å². The quantitative estimate of drug-likeness (QED) is 0.516. The summed E-state index contributed by atoms with van der Waals surface area (Å²) < 4.78 is 0. The van der Waals surface area contributed by atoms with Gasteiger partial charge >= 0.3 is 0 Å². The first kappa shape index (κ1) is 18.1. The van der Waals surface area contributed by atoms with Crippen LogP contribution >= 0.6 is 0 Å². The SMILES string of the molecule is C1=CNC(c2cc(B3c4ccccc4-c4ccccc43)cc(C3C=CC=CN3)c2)C=C1. The van der Waals surface area contributed by atoms with Gasteiger partial charge in [0, 0.05) is 0 Å². The lowest BCUT2D eigenvalue weighted by atomic mass is 9.38. The number of fused-ring (bicyclic) bond motifs is 3. The molecule has 3 aromatic rings. The molecule has 0 spiro atoms. The van der Waals surface area contributed by atoms with Crippen molar-refractivity contribution < 1.29 is 0 Å². The molecule has 3 heteroatoms. The zero-order valence-corrected chi connectivity index (χ0v) is 17.2. The van der Waals surface area contributed by atoms with Crippen LogP contribution in [0.25, 0.3) is 11.1 Å². The van der Waals surface area contributed by atoms with E-state index in [9.17, 15) is 0 Å². The van der Waals surface area contributed by atoms with Crippen LogP contribution in [0, 0.1) is 0 Å². The minimum absolute atomic E-state index is 0.179. The maximum Gasteiger partial charge on any atom is 0.242 e. The van der Waals surface area contributed by atoms with Gasteiger partial charge in [-0.25, -0.2) is 0 Å². The highest BCUT2D eigenvalue weighted by molar-refractivity contribution is 6.99. The first-order chi connectivity index (χ1) is 15.4. The molecule has 2 atom stereocenters. The molecule has 3 aromatic carbocycles. The van der Waals surface area contributed by atoms with E-state index in [1.54, 1.807) is 0 Å². The standard InChI is InChI=1S/C28H23BN2/c1-3-11-25-23(9-1)24-10-2-4-12-26(24)29(25)22-18-20(27-13-5-7-15-30-27)17-21(19-22)28-14-6-8-16-31-28/h1-19,27-28,30-31H. The molecule has 0 radical (unpaired) electrons. The van der Waals surface area contributed by atoms with Gasteiger partial charge in [0.2, 0.25) is 6.71 Å². The van der Waals surface area contributed by atoms with Gasteiger partial charge in [0.15, 0.2) is 0 Å². The Morgan fingerprint density at radius 3 is 1.58 bits per heavy atom. The summed E-state index contributed by atoms with van der Waals surface area (Å²) in [5.41, 5.74) is 9.43. The Labute approximate surface area is 183 Å². The summed E-state index contributed by atoms with van der Waals surface area (Å²) in [7, 11) is 0. The second-order valence-electron chi connectivity index (χ2n) is 8.32. The fourth-order valence-corrected chi connectivity index (χ4v) is 5.05. The average Bonchev–Trinajstić information content (AvgIpc) is 3.19. The Morgan fingerprint density at radius 1 is 0.581 bits per heavy atom. The van der Waals surface area contributed by atoms with Gasteiger partial charge in [0.1, 0.15) is 0 Å². The van der Waals surface area contributed by atoms with Gasteiger partial charge < -0.3 is 10.6 Å². The lowest BCUT2D eigenvalue weighted by molar-refractivity contribution is 0.725. The number of hydrogen-bond acceptors (Lipinski definition) is 2. The van der Waals surface area contributed by atoms with Crippen molar-refractivity contribution in [2.45, 2.75) is 12.1 Å². The van der Waals surface area contributed by atoms with Gasteiger partial charge in [0.25, 0.3) is 0 Å². The number of dihydropyridines is 2. The fraction of sp³-hybridized carbons (Fsp3) is 0.0714. The van der Waals surface area contributed by atoms with Crippen molar-refractivity contribution in [1.29, 1.82) is 0 Å². The van der Waals surface area contributed by atoms with E-state index in [4.69, 9.17) is 0 Å². The van der Waals surface area contributed by atoms with Gasteiger partial charge in [0.05, 0.1) is 12.1 Å². The molecule has 2 N–H and O–H groups in total. The summed E-state index contributed by atoms with van der Waals surface area (Å²) >= 11 is 0. The molecule has 0 saturated carbocycles. The summed E-state index contributed by atoms with van der Waals surface area (Å²) in [6, 6.07) is 25.2. The van der Waals surface area contributed by atoms with Crippen molar-refractivity contribution in [2.75, 3.05) is 0 Å². The van der Waals surface area contributed by atoms with Crippen LogP contribution < -0.4 is 27.0 Å². The molecule has 0 fully saturated rings. The first-order valence-electron chi connectivity index (χ1n) is 10.9. The van der Waals surface area contributed by atoms with Crippen LogP contribution in [0.15, 0.2) is 116 Å². The summed E-state index contributed by atoms with van der Waals surface area (Å²) in [5, 5.41) is 7.00. The minimum Gasteiger partial charge on any atom is -0.381 e. The van der Waals surface area contributed by atoms with Crippen molar-refractivity contribution in [3.05, 3.63) is 127 Å². The van der Waals surface area contributed by atoms with Gasteiger partial charge in [-0.3, -0.25) is 0 Å². The zero-order valence-electron chi connectivity index (χ0n) is 17.2. The Bertz CT molecular complexity index is 1170. The van der Waals surface area contributed by atoms with Crippen LogP contribution in [0.2, 0.25) is 0 Å². The predicted octanol–water partition coefficient (Wildman–Crippen LogP) is 3.61.